The highest BCUT2D eigenvalue weighted by atomic mass is 16.5. The number of nitrogens with one attached hydrogen (secondary N) is 1. The van der Waals surface area contributed by atoms with Crippen molar-refractivity contribution >= 4 is 17.5 Å². The van der Waals surface area contributed by atoms with Gasteiger partial charge in [-0.05, 0) is 30.3 Å². The largest absolute Gasteiger partial charge is 0.493 e. The van der Waals surface area contributed by atoms with Crippen molar-refractivity contribution < 1.29 is 23.6 Å². The molecule has 1 atom stereocenters. The van der Waals surface area contributed by atoms with Gasteiger partial charge in [0.2, 0.25) is 11.8 Å². The van der Waals surface area contributed by atoms with Crippen LogP contribution < -0.4 is 19.7 Å². The van der Waals surface area contributed by atoms with Crippen molar-refractivity contribution in [3.8, 4) is 22.8 Å². The average molecular weight is 421 g/mol. The van der Waals surface area contributed by atoms with E-state index in [4.69, 9.17) is 14.0 Å². The van der Waals surface area contributed by atoms with Crippen LogP contribution >= 0.6 is 0 Å². The number of para-hydroxylation sites is 1. The number of aromatic nitrogens is 1. The van der Waals surface area contributed by atoms with Crippen molar-refractivity contribution in [3.05, 3.63) is 60.3 Å². The Bertz CT molecular complexity index is 1080. The predicted octanol–water partition coefficient (Wildman–Crippen LogP) is 3.03. The zero-order valence-corrected chi connectivity index (χ0v) is 17.3. The van der Waals surface area contributed by atoms with Crippen LogP contribution in [-0.2, 0) is 16.1 Å². The van der Waals surface area contributed by atoms with Gasteiger partial charge in [0.15, 0.2) is 17.3 Å². The summed E-state index contributed by atoms with van der Waals surface area (Å²) in [5.74, 6) is 1.13. The fourth-order valence-electron chi connectivity index (χ4n) is 3.58. The third kappa shape index (κ3) is 4.37. The molecular formula is C23H23N3O5. The molecule has 0 unspecified atom stereocenters. The number of anilines is 1. The molecule has 4 rings (SSSR count). The number of benzene rings is 2. The van der Waals surface area contributed by atoms with E-state index in [-0.39, 0.29) is 24.8 Å². The molecule has 0 saturated carbocycles. The molecule has 1 aliphatic heterocycles. The van der Waals surface area contributed by atoms with Gasteiger partial charge in [-0.1, -0.05) is 23.4 Å². The number of carbonyl (C=O) groups excluding carboxylic acids is 2. The van der Waals surface area contributed by atoms with Gasteiger partial charge in [0.25, 0.3) is 0 Å². The van der Waals surface area contributed by atoms with Crippen LogP contribution in [0, 0.1) is 5.92 Å². The maximum atomic E-state index is 12.6. The van der Waals surface area contributed by atoms with Gasteiger partial charge in [-0.15, -0.1) is 0 Å². The van der Waals surface area contributed by atoms with E-state index in [2.05, 4.69) is 10.5 Å². The summed E-state index contributed by atoms with van der Waals surface area (Å²) in [5, 5.41) is 6.88. The van der Waals surface area contributed by atoms with Gasteiger partial charge in [-0.2, -0.15) is 0 Å². The second-order valence-corrected chi connectivity index (χ2v) is 7.21. The highest BCUT2D eigenvalue weighted by Gasteiger charge is 2.35. The molecule has 1 saturated heterocycles. The predicted molar refractivity (Wildman–Crippen MR) is 114 cm³/mol. The number of nitrogens with zero attached hydrogens (tertiary/aromatic N) is 2. The fraction of sp³-hybridized carbons (Fsp3) is 0.261. The summed E-state index contributed by atoms with van der Waals surface area (Å²) in [6, 6.07) is 16.5. The highest BCUT2D eigenvalue weighted by molar-refractivity contribution is 6.00. The van der Waals surface area contributed by atoms with E-state index in [9.17, 15) is 9.59 Å². The first-order valence-electron chi connectivity index (χ1n) is 9.90. The van der Waals surface area contributed by atoms with E-state index in [0.29, 0.717) is 29.5 Å². The number of methoxy groups -OCH3 is 2. The fourth-order valence-corrected chi connectivity index (χ4v) is 3.58. The number of amides is 2. The molecule has 1 fully saturated rings. The third-order valence-electron chi connectivity index (χ3n) is 5.23. The maximum absolute atomic E-state index is 12.6. The smallest absolute Gasteiger partial charge is 0.227 e. The second kappa shape index (κ2) is 8.91. The first kappa shape index (κ1) is 20.5. The normalized spacial score (nSPS) is 15.7. The summed E-state index contributed by atoms with van der Waals surface area (Å²) >= 11 is 0. The summed E-state index contributed by atoms with van der Waals surface area (Å²) in [4.78, 5) is 26.6. The molecule has 2 aromatic carbocycles. The monoisotopic (exact) mass is 421 g/mol. The van der Waals surface area contributed by atoms with E-state index in [0.717, 1.165) is 11.3 Å². The number of carbonyl (C=O) groups is 2. The Kier molecular flexibility index (Phi) is 5.88. The molecule has 0 aliphatic carbocycles. The van der Waals surface area contributed by atoms with Crippen molar-refractivity contribution in [3.63, 3.8) is 0 Å². The van der Waals surface area contributed by atoms with Crippen LogP contribution in [0.5, 0.6) is 11.5 Å². The van der Waals surface area contributed by atoms with Gasteiger partial charge in [0.1, 0.15) is 5.69 Å². The Balaban J connectivity index is 1.37. The lowest BCUT2D eigenvalue weighted by Gasteiger charge is -2.16. The van der Waals surface area contributed by atoms with Crippen LogP contribution in [0.15, 0.2) is 59.1 Å². The minimum atomic E-state index is -0.398. The van der Waals surface area contributed by atoms with Crippen LogP contribution in [-0.4, -0.2) is 37.7 Å². The van der Waals surface area contributed by atoms with Gasteiger partial charge in [0, 0.05) is 30.3 Å². The highest BCUT2D eigenvalue weighted by Crippen LogP contribution is 2.32. The molecule has 0 bridgehead atoms. The Hall–Kier alpha value is -3.81. The summed E-state index contributed by atoms with van der Waals surface area (Å²) < 4.78 is 16.0. The molecule has 8 nitrogen and oxygen atoms in total. The molecule has 0 radical (unpaired) electrons. The minimum Gasteiger partial charge on any atom is -0.493 e. The van der Waals surface area contributed by atoms with Gasteiger partial charge >= 0.3 is 0 Å². The Morgan fingerprint density at radius 1 is 1.13 bits per heavy atom. The summed E-state index contributed by atoms with van der Waals surface area (Å²) in [6.45, 7) is 0.579. The topological polar surface area (TPSA) is 93.9 Å². The van der Waals surface area contributed by atoms with Gasteiger partial charge in [0.05, 0.1) is 26.7 Å². The van der Waals surface area contributed by atoms with Crippen molar-refractivity contribution in [2.45, 2.75) is 13.0 Å². The minimum absolute atomic E-state index is 0.0523. The first-order chi connectivity index (χ1) is 15.1. The molecule has 1 N–H and O–H groups in total. The number of hydrogen-bond donors (Lipinski definition) is 1. The van der Waals surface area contributed by atoms with E-state index in [1.807, 2.05) is 36.4 Å². The number of hydrogen-bond acceptors (Lipinski definition) is 6. The quantitative estimate of drug-likeness (QED) is 0.630. The van der Waals surface area contributed by atoms with E-state index in [1.165, 1.54) is 0 Å². The SMILES string of the molecule is COc1ccc(-c2cc(CNC(=O)[C@@H]3CC(=O)N(c4ccccc4)C3)no2)cc1OC. The molecule has 1 aliphatic rings. The van der Waals surface area contributed by atoms with Crippen LogP contribution in [0.3, 0.4) is 0 Å². The van der Waals surface area contributed by atoms with Gasteiger partial charge in [-0.25, -0.2) is 0 Å². The molecular weight excluding hydrogens is 398 g/mol. The summed E-state index contributed by atoms with van der Waals surface area (Å²) in [7, 11) is 3.14. The van der Waals surface area contributed by atoms with Crippen molar-refractivity contribution in [1.29, 1.82) is 0 Å². The first-order valence-corrected chi connectivity index (χ1v) is 9.90. The van der Waals surface area contributed by atoms with Crippen molar-refractivity contribution in [1.82, 2.24) is 10.5 Å². The number of ether oxygens (including phenoxy) is 2. The van der Waals surface area contributed by atoms with Crippen LogP contribution in [0.2, 0.25) is 0 Å². The molecule has 160 valence electrons. The Morgan fingerprint density at radius 3 is 2.65 bits per heavy atom. The number of rotatable bonds is 7. The van der Waals surface area contributed by atoms with Crippen molar-refractivity contribution in [2.24, 2.45) is 5.92 Å². The second-order valence-electron chi connectivity index (χ2n) is 7.21. The lowest BCUT2D eigenvalue weighted by atomic mass is 10.1. The lowest BCUT2D eigenvalue weighted by molar-refractivity contribution is -0.126. The maximum Gasteiger partial charge on any atom is 0.227 e. The molecule has 2 amide bonds. The zero-order chi connectivity index (χ0) is 21.8. The summed E-state index contributed by atoms with van der Waals surface area (Å²) in [5.41, 5.74) is 2.17. The van der Waals surface area contributed by atoms with E-state index in [1.54, 1.807) is 37.3 Å². The third-order valence-corrected chi connectivity index (χ3v) is 5.23. The van der Waals surface area contributed by atoms with Gasteiger partial charge < -0.3 is 24.2 Å². The average Bonchev–Trinajstić information content (AvgIpc) is 3.44. The molecule has 8 heteroatoms. The Morgan fingerprint density at radius 2 is 1.90 bits per heavy atom. The molecule has 31 heavy (non-hydrogen) atoms. The van der Waals surface area contributed by atoms with Crippen molar-refractivity contribution in [2.75, 3.05) is 25.7 Å². The standard InChI is InChI=1S/C23H23N3O5/c1-29-19-9-8-15(10-21(19)30-2)20-12-17(25-31-20)13-24-23(28)16-11-22(27)26(14-16)18-6-4-3-5-7-18/h3-10,12,16H,11,13-14H2,1-2H3,(H,24,28)/t16-/m1/s1. The summed E-state index contributed by atoms with van der Waals surface area (Å²) in [6.07, 6.45) is 0.191. The van der Waals surface area contributed by atoms with E-state index < -0.39 is 5.92 Å². The molecule has 3 aromatic rings. The van der Waals surface area contributed by atoms with E-state index >= 15 is 0 Å². The lowest BCUT2D eigenvalue weighted by Crippen LogP contribution is -2.32. The Labute approximate surface area is 179 Å². The molecule has 2 heterocycles. The van der Waals surface area contributed by atoms with Crippen LogP contribution in [0.1, 0.15) is 12.1 Å². The molecule has 0 spiro atoms. The van der Waals surface area contributed by atoms with Crippen LogP contribution in [0.4, 0.5) is 5.69 Å². The zero-order valence-electron chi connectivity index (χ0n) is 17.3. The van der Waals surface area contributed by atoms with Crippen LogP contribution in [0.25, 0.3) is 11.3 Å². The molecule has 1 aromatic heterocycles. The van der Waals surface area contributed by atoms with Gasteiger partial charge in [-0.3, -0.25) is 9.59 Å².